The van der Waals surface area contributed by atoms with E-state index in [2.05, 4.69) is 25.3 Å². The Hall–Kier alpha value is -5.79. The van der Waals surface area contributed by atoms with Crippen LogP contribution in [0.1, 0.15) is 39.1 Å². The van der Waals surface area contributed by atoms with Crippen LogP contribution in [0, 0.1) is 6.92 Å². The van der Waals surface area contributed by atoms with Gasteiger partial charge >= 0.3 is 12.2 Å². The number of carbonyl (C=O) groups is 5. The molecular formula is C41H45F3N8O8. The maximum Gasteiger partial charge on any atom is 0.416 e. The van der Waals surface area contributed by atoms with E-state index in [0.29, 0.717) is 64.1 Å². The molecule has 8 rings (SSSR count). The molecule has 5 aliphatic heterocycles. The number of halogens is 3. The molecule has 0 aliphatic carbocycles. The number of piperidine rings is 1. The molecule has 2 unspecified atom stereocenters. The van der Waals surface area contributed by atoms with E-state index in [1.54, 1.807) is 30.5 Å². The molecule has 0 bridgehead atoms. The highest BCUT2D eigenvalue weighted by molar-refractivity contribution is 6.23. The molecule has 0 radical (unpaired) electrons. The van der Waals surface area contributed by atoms with Crippen molar-refractivity contribution in [2.24, 2.45) is 0 Å². The Morgan fingerprint density at radius 2 is 1.67 bits per heavy atom. The molecule has 60 heavy (non-hydrogen) atoms. The number of rotatable bonds is 9. The first kappa shape index (κ1) is 41.0. The van der Waals surface area contributed by atoms with Crippen molar-refractivity contribution < 1.29 is 51.4 Å². The molecule has 3 aromatic rings. The Kier molecular flexibility index (Phi) is 11.6. The first-order valence-electron chi connectivity index (χ1n) is 20.0. The fourth-order valence-electron chi connectivity index (χ4n) is 8.13. The number of benzene rings is 2. The predicted octanol–water partition coefficient (Wildman–Crippen LogP) is 3.29. The van der Waals surface area contributed by atoms with E-state index in [1.807, 2.05) is 25.1 Å². The van der Waals surface area contributed by atoms with Gasteiger partial charge in [0, 0.05) is 81.9 Å². The highest BCUT2D eigenvalue weighted by Crippen LogP contribution is 2.35. The molecule has 4 saturated heterocycles. The van der Waals surface area contributed by atoms with Gasteiger partial charge in [-0.05, 0) is 60.9 Å². The number of ether oxygens (including phenoxy) is 3. The van der Waals surface area contributed by atoms with Crippen LogP contribution in [-0.2, 0) is 19.1 Å². The monoisotopic (exact) mass is 834 g/mol. The fourth-order valence-corrected chi connectivity index (χ4v) is 8.13. The van der Waals surface area contributed by atoms with Gasteiger partial charge in [-0.15, -0.1) is 0 Å². The lowest BCUT2D eigenvalue weighted by Crippen LogP contribution is -2.54. The first-order chi connectivity index (χ1) is 28.8. The number of fused-ring (bicyclic) bond motifs is 1. The number of alkyl halides is 3. The first-order valence-corrected chi connectivity index (χ1v) is 20.0. The lowest BCUT2D eigenvalue weighted by molar-refractivity contribution is -0.233. The van der Waals surface area contributed by atoms with Gasteiger partial charge in [0.05, 0.1) is 37.5 Å². The topological polar surface area (TPSA) is 166 Å². The molecule has 19 heteroatoms. The Bertz CT molecular complexity index is 2180. The lowest BCUT2D eigenvalue weighted by atomic mass is 10.0. The zero-order chi connectivity index (χ0) is 42.1. The van der Waals surface area contributed by atoms with E-state index >= 15 is 0 Å². The number of nitrogens with one attached hydrogen (secondary N) is 2. The van der Waals surface area contributed by atoms with Gasteiger partial charge in [0.25, 0.3) is 11.8 Å². The van der Waals surface area contributed by atoms with Crippen LogP contribution in [0.4, 0.5) is 35.0 Å². The van der Waals surface area contributed by atoms with Gasteiger partial charge in [0.1, 0.15) is 18.3 Å². The molecule has 0 saturated carbocycles. The number of pyridine rings is 1. The quantitative estimate of drug-likeness (QED) is 0.303. The Morgan fingerprint density at radius 1 is 0.900 bits per heavy atom. The van der Waals surface area contributed by atoms with Crippen LogP contribution in [-0.4, -0.2) is 153 Å². The van der Waals surface area contributed by atoms with Crippen molar-refractivity contribution in [2.75, 3.05) is 100 Å². The van der Waals surface area contributed by atoms with Gasteiger partial charge in [0.15, 0.2) is 6.10 Å². The van der Waals surface area contributed by atoms with Gasteiger partial charge in [-0.25, -0.2) is 9.78 Å². The maximum atomic E-state index is 13.4. The van der Waals surface area contributed by atoms with Crippen LogP contribution in [0.2, 0.25) is 0 Å². The number of morpholine rings is 2. The van der Waals surface area contributed by atoms with Gasteiger partial charge in [-0.1, -0.05) is 6.07 Å². The highest BCUT2D eigenvalue weighted by atomic mass is 19.4. The summed E-state index contributed by atoms with van der Waals surface area (Å²) in [7, 11) is 0. The molecule has 2 atom stereocenters. The van der Waals surface area contributed by atoms with Crippen molar-refractivity contribution in [1.82, 2.24) is 25.0 Å². The molecule has 5 aliphatic rings. The number of aryl methyl sites for hydroxylation is 1. The number of hydrogen-bond acceptors (Lipinski definition) is 12. The van der Waals surface area contributed by atoms with E-state index in [4.69, 9.17) is 19.2 Å². The van der Waals surface area contributed by atoms with Crippen molar-refractivity contribution in [2.45, 2.75) is 38.1 Å². The molecule has 16 nitrogen and oxygen atoms in total. The van der Waals surface area contributed by atoms with Crippen molar-refractivity contribution in [3.63, 3.8) is 0 Å². The van der Waals surface area contributed by atoms with E-state index in [9.17, 15) is 37.1 Å². The second-order valence-corrected chi connectivity index (χ2v) is 15.3. The Morgan fingerprint density at radius 3 is 2.42 bits per heavy atom. The summed E-state index contributed by atoms with van der Waals surface area (Å²) in [5.74, 6) is -1.67. The van der Waals surface area contributed by atoms with Gasteiger partial charge < -0.3 is 34.2 Å². The number of nitrogens with zero attached hydrogens (tertiary/aromatic N) is 6. The molecule has 318 valence electrons. The van der Waals surface area contributed by atoms with Crippen LogP contribution in [0.5, 0.6) is 5.88 Å². The minimum Gasteiger partial charge on any atom is -0.475 e. The summed E-state index contributed by atoms with van der Waals surface area (Å²) < 4.78 is 56.6. The third-order valence-corrected chi connectivity index (χ3v) is 11.5. The minimum atomic E-state index is -4.57. The van der Waals surface area contributed by atoms with E-state index in [1.165, 1.54) is 0 Å². The van der Waals surface area contributed by atoms with Gasteiger partial charge in [-0.2, -0.15) is 13.2 Å². The lowest BCUT2D eigenvalue weighted by Gasteiger charge is -2.36. The van der Waals surface area contributed by atoms with E-state index in [-0.39, 0.29) is 37.1 Å². The highest BCUT2D eigenvalue weighted by Gasteiger charge is 2.46. The number of amides is 6. The van der Waals surface area contributed by atoms with Crippen LogP contribution < -0.4 is 25.2 Å². The number of carbonyl (C=O) groups excluding carboxylic acids is 5. The number of piperazine rings is 1. The average Bonchev–Trinajstić information content (AvgIpc) is 3.49. The number of urea groups is 1. The molecule has 6 heterocycles. The summed E-state index contributed by atoms with van der Waals surface area (Å²) in [5, 5.41) is 4.97. The Balaban J connectivity index is 0.888. The molecule has 4 fully saturated rings. The summed E-state index contributed by atoms with van der Waals surface area (Å²) in [6.45, 7) is 7.30. The van der Waals surface area contributed by atoms with E-state index < -0.39 is 54.5 Å². The van der Waals surface area contributed by atoms with Crippen LogP contribution in [0.15, 0.2) is 48.7 Å². The second kappa shape index (κ2) is 17.1. The molecule has 2 aromatic carbocycles. The summed E-state index contributed by atoms with van der Waals surface area (Å²) in [5.41, 5.74) is 4.99. The molecule has 0 spiro atoms. The van der Waals surface area contributed by atoms with Crippen molar-refractivity contribution >= 4 is 46.7 Å². The zero-order valence-corrected chi connectivity index (χ0v) is 33.0. The zero-order valence-electron chi connectivity index (χ0n) is 33.0. The average molecular weight is 835 g/mol. The number of hydrogen-bond donors (Lipinski definition) is 2. The maximum absolute atomic E-state index is 13.4. The largest absolute Gasteiger partial charge is 0.475 e. The third kappa shape index (κ3) is 8.60. The summed E-state index contributed by atoms with van der Waals surface area (Å²) in [6, 6.07) is 10.8. The van der Waals surface area contributed by atoms with E-state index in [0.717, 1.165) is 51.0 Å². The van der Waals surface area contributed by atoms with Crippen LogP contribution in [0.3, 0.4) is 0 Å². The molecule has 2 N–H and O–H groups in total. The van der Waals surface area contributed by atoms with Crippen molar-refractivity contribution in [3.8, 4) is 17.0 Å². The summed E-state index contributed by atoms with van der Waals surface area (Å²) in [4.78, 5) is 77.0. The number of aromatic nitrogens is 1. The van der Waals surface area contributed by atoms with Crippen LogP contribution in [0.25, 0.3) is 11.1 Å². The van der Waals surface area contributed by atoms with Crippen molar-refractivity contribution in [1.29, 1.82) is 0 Å². The summed E-state index contributed by atoms with van der Waals surface area (Å²) in [6.07, 6.45) is -4.74. The van der Waals surface area contributed by atoms with Gasteiger partial charge in [0.2, 0.25) is 17.7 Å². The standard InChI is InChI=1S/C41H45F3N8O8/c1-25-2-3-27(46-40(57)51-15-19-59-34(24-51)41(42,43)44)21-30(25)26-20-33(50-13-16-58-17-14-50)37(45-23-26)60-18-12-48-8-10-49(11-9-48)28-4-5-29-31(22-28)39(56)52(38(29)55)32-6-7-35(53)47-36(32)54/h2-5,20-23,32,34H,6-19,24H2,1H3,(H,46,57)(H,47,53,54). The van der Waals surface area contributed by atoms with Gasteiger partial charge in [-0.3, -0.25) is 34.3 Å². The number of imide groups is 2. The smallest absolute Gasteiger partial charge is 0.416 e. The molecule has 6 amide bonds. The van der Waals surface area contributed by atoms with Crippen molar-refractivity contribution in [3.05, 3.63) is 65.4 Å². The SMILES string of the molecule is Cc1ccc(NC(=O)N2CCOC(C(F)(F)F)C2)cc1-c1cnc(OCCN2CCN(c3ccc4c(c3)C(=O)N(C3CCC(=O)NC3=O)C4=O)CC2)c(N2CCOCC2)c1. The van der Waals surface area contributed by atoms with Crippen LogP contribution >= 0.6 is 0 Å². The molecular weight excluding hydrogens is 789 g/mol. The fraction of sp³-hybridized carbons (Fsp3) is 0.463. The second-order valence-electron chi connectivity index (χ2n) is 15.3. The predicted molar refractivity (Wildman–Crippen MR) is 211 cm³/mol. The third-order valence-electron chi connectivity index (χ3n) is 11.5. The Labute approximate surface area is 343 Å². The normalized spacial score (nSPS) is 21.6. The minimum absolute atomic E-state index is 0.0417. The number of anilines is 3. The summed E-state index contributed by atoms with van der Waals surface area (Å²) >= 11 is 0. The molecule has 1 aromatic heterocycles.